The Hall–Kier alpha value is -1.14. The normalized spacial score (nSPS) is 10.9. The average Bonchev–Trinajstić information content (AvgIpc) is 2.18. The molecule has 0 saturated carbocycles. The van der Waals surface area contributed by atoms with Crippen LogP contribution in [0.2, 0.25) is 0 Å². The molecule has 0 atom stereocenters. The molecule has 1 aromatic carbocycles. The van der Waals surface area contributed by atoms with E-state index in [0.29, 0.717) is 0 Å². The minimum absolute atomic E-state index is 0.276. The molecule has 0 saturated heterocycles. The zero-order chi connectivity index (χ0) is 9.90. The van der Waals surface area contributed by atoms with Gasteiger partial charge in [-0.3, -0.25) is 0 Å². The van der Waals surface area contributed by atoms with Gasteiger partial charge in [0.05, 0.1) is 0 Å². The molecule has 0 aliphatic heterocycles. The minimum Gasteiger partial charge on any atom is -0.191 e. The second kappa shape index (κ2) is 3.71. The van der Waals surface area contributed by atoms with Crippen LogP contribution in [-0.4, -0.2) is 0 Å². The van der Waals surface area contributed by atoms with E-state index in [0.717, 1.165) is 11.6 Å². The maximum Gasteiger partial charge on any atom is 0.357 e. The highest BCUT2D eigenvalue weighted by Gasteiger charge is 2.30. The van der Waals surface area contributed by atoms with E-state index in [2.05, 4.69) is 0 Å². The molecular weight excluding hydrogens is 196 g/mol. The van der Waals surface area contributed by atoms with Crippen molar-refractivity contribution in [2.24, 2.45) is 0 Å². The molecule has 0 heterocycles. The van der Waals surface area contributed by atoms with Crippen molar-refractivity contribution < 1.29 is 8.78 Å². The summed E-state index contributed by atoms with van der Waals surface area (Å²) in [6.45, 7) is 0. The number of rotatable bonds is 2. The van der Waals surface area contributed by atoms with Gasteiger partial charge in [-0.15, -0.1) is 11.6 Å². The molecule has 68 valence electrons. The van der Waals surface area contributed by atoms with Gasteiger partial charge in [-0.2, -0.15) is 14.0 Å². The van der Waals surface area contributed by atoms with Gasteiger partial charge in [-0.05, 0) is 5.56 Å². The minimum atomic E-state index is -3.41. The molecule has 4 heteroatoms. The van der Waals surface area contributed by atoms with E-state index in [4.69, 9.17) is 16.9 Å². The van der Waals surface area contributed by atoms with Gasteiger partial charge in [0.1, 0.15) is 6.07 Å². The van der Waals surface area contributed by atoms with E-state index in [1.165, 1.54) is 24.3 Å². The van der Waals surface area contributed by atoms with Crippen LogP contribution >= 0.6 is 11.6 Å². The first-order valence-corrected chi connectivity index (χ1v) is 4.08. The summed E-state index contributed by atoms with van der Waals surface area (Å²) in [5.74, 6) is -3.14. The van der Waals surface area contributed by atoms with Crippen molar-refractivity contribution in [2.75, 3.05) is 0 Å². The Morgan fingerprint density at radius 1 is 1.31 bits per heavy atom. The van der Waals surface area contributed by atoms with Gasteiger partial charge in [0.2, 0.25) is 0 Å². The average molecular weight is 202 g/mol. The summed E-state index contributed by atoms with van der Waals surface area (Å²) in [5, 5.41) is 8.15. The molecule has 0 spiro atoms. The number of alkyl halides is 3. The summed E-state index contributed by atoms with van der Waals surface area (Å²) in [6, 6.07) is 6.31. The highest BCUT2D eigenvalue weighted by Crippen LogP contribution is 2.26. The standard InChI is InChI=1S/C9H6ClF2N/c10-5-7-1-3-8(4-2-7)9(11,12)6-13/h1-4H,5H2. The van der Waals surface area contributed by atoms with Crippen LogP contribution < -0.4 is 0 Å². The molecule has 1 rings (SSSR count). The SMILES string of the molecule is N#CC(F)(F)c1ccc(CCl)cc1. The van der Waals surface area contributed by atoms with E-state index >= 15 is 0 Å². The number of hydrogen-bond donors (Lipinski definition) is 0. The largest absolute Gasteiger partial charge is 0.357 e. The lowest BCUT2D eigenvalue weighted by Gasteiger charge is -2.07. The van der Waals surface area contributed by atoms with Gasteiger partial charge in [0, 0.05) is 11.4 Å². The Balaban J connectivity index is 3.00. The summed E-state index contributed by atoms with van der Waals surface area (Å²) in [6.07, 6.45) is 0. The Kier molecular flexibility index (Phi) is 2.84. The first-order valence-electron chi connectivity index (χ1n) is 3.54. The van der Waals surface area contributed by atoms with Gasteiger partial charge < -0.3 is 0 Å². The van der Waals surface area contributed by atoms with Crippen molar-refractivity contribution in [3.05, 3.63) is 35.4 Å². The van der Waals surface area contributed by atoms with Crippen molar-refractivity contribution in [1.82, 2.24) is 0 Å². The van der Waals surface area contributed by atoms with Crippen LogP contribution in [0.3, 0.4) is 0 Å². The van der Waals surface area contributed by atoms with Crippen LogP contribution in [0.15, 0.2) is 24.3 Å². The fourth-order valence-electron chi connectivity index (χ4n) is 0.868. The molecule has 0 amide bonds. The van der Waals surface area contributed by atoms with Crippen LogP contribution in [0, 0.1) is 11.3 Å². The third kappa shape index (κ3) is 2.16. The van der Waals surface area contributed by atoms with Crippen molar-refractivity contribution in [3.8, 4) is 6.07 Å². The molecule has 1 nitrogen and oxygen atoms in total. The van der Waals surface area contributed by atoms with E-state index in [9.17, 15) is 8.78 Å². The molecular formula is C9H6ClF2N. The third-order valence-corrected chi connectivity index (χ3v) is 1.92. The molecule has 0 fully saturated rings. The van der Waals surface area contributed by atoms with Crippen LogP contribution in [0.1, 0.15) is 11.1 Å². The molecule has 0 bridgehead atoms. The monoisotopic (exact) mass is 201 g/mol. The molecule has 13 heavy (non-hydrogen) atoms. The highest BCUT2D eigenvalue weighted by molar-refractivity contribution is 6.17. The number of halogens is 3. The quantitative estimate of drug-likeness (QED) is 0.675. The van der Waals surface area contributed by atoms with Gasteiger partial charge in [-0.25, -0.2) is 0 Å². The molecule has 0 radical (unpaired) electrons. The fourth-order valence-corrected chi connectivity index (χ4v) is 1.05. The molecule has 1 aromatic rings. The van der Waals surface area contributed by atoms with Crippen LogP contribution in [-0.2, 0) is 11.8 Å². The number of benzene rings is 1. The number of nitrogens with zero attached hydrogens (tertiary/aromatic N) is 1. The Labute approximate surface area is 79.6 Å². The molecule has 0 unspecified atom stereocenters. The number of nitriles is 1. The second-order valence-electron chi connectivity index (χ2n) is 2.52. The Morgan fingerprint density at radius 2 is 1.85 bits per heavy atom. The first kappa shape index (κ1) is 9.94. The molecule has 0 aliphatic carbocycles. The van der Waals surface area contributed by atoms with Gasteiger partial charge in [0.25, 0.3) is 0 Å². The van der Waals surface area contributed by atoms with Gasteiger partial charge in [-0.1, -0.05) is 24.3 Å². The summed E-state index contributed by atoms with van der Waals surface area (Å²) in [5.41, 5.74) is 0.447. The summed E-state index contributed by atoms with van der Waals surface area (Å²) >= 11 is 5.47. The fraction of sp³-hybridized carbons (Fsp3) is 0.222. The molecule has 0 N–H and O–H groups in total. The second-order valence-corrected chi connectivity index (χ2v) is 2.78. The zero-order valence-electron chi connectivity index (χ0n) is 6.60. The summed E-state index contributed by atoms with van der Waals surface area (Å²) in [4.78, 5) is 0. The number of hydrogen-bond acceptors (Lipinski definition) is 1. The predicted octanol–water partition coefficient (Wildman–Crippen LogP) is 3.04. The van der Waals surface area contributed by atoms with E-state index in [1.54, 1.807) is 0 Å². The van der Waals surface area contributed by atoms with Crippen LogP contribution in [0.25, 0.3) is 0 Å². The van der Waals surface area contributed by atoms with Crippen LogP contribution in [0.4, 0.5) is 8.78 Å². The maximum absolute atomic E-state index is 12.7. The van der Waals surface area contributed by atoms with Gasteiger partial charge in [0.15, 0.2) is 0 Å². The lowest BCUT2D eigenvalue weighted by atomic mass is 10.1. The molecule has 0 aliphatic rings. The Bertz CT molecular complexity index is 326. The van der Waals surface area contributed by atoms with Crippen molar-refractivity contribution in [3.63, 3.8) is 0 Å². The highest BCUT2D eigenvalue weighted by atomic mass is 35.5. The molecule has 0 aromatic heterocycles. The first-order chi connectivity index (χ1) is 6.10. The van der Waals surface area contributed by atoms with Crippen molar-refractivity contribution in [1.29, 1.82) is 5.26 Å². The Morgan fingerprint density at radius 3 is 2.23 bits per heavy atom. The lowest BCUT2D eigenvalue weighted by Crippen LogP contribution is -2.09. The smallest absolute Gasteiger partial charge is 0.191 e. The predicted molar refractivity (Wildman–Crippen MR) is 45.5 cm³/mol. The third-order valence-electron chi connectivity index (χ3n) is 1.61. The topological polar surface area (TPSA) is 23.8 Å². The van der Waals surface area contributed by atoms with E-state index < -0.39 is 5.92 Å². The lowest BCUT2D eigenvalue weighted by molar-refractivity contribution is 0.0613. The summed E-state index contributed by atoms with van der Waals surface area (Å²) in [7, 11) is 0. The zero-order valence-corrected chi connectivity index (χ0v) is 7.35. The maximum atomic E-state index is 12.7. The summed E-state index contributed by atoms with van der Waals surface area (Å²) < 4.78 is 25.5. The van der Waals surface area contributed by atoms with Crippen LogP contribution in [0.5, 0.6) is 0 Å². The van der Waals surface area contributed by atoms with E-state index in [1.807, 2.05) is 0 Å². The van der Waals surface area contributed by atoms with Crippen molar-refractivity contribution >= 4 is 11.6 Å². The van der Waals surface area contributed by atoms with Gasteiger partial charge >= 0.3 is 5.92 Å². The van der Waals surface area contributed by atoms with E-state index in [-0.39, 0.29) is 11.4 Å². The van der Waals surface area contributed by atoms with Crippen molar-refractivity contribution in [2.45, 2.75) is 11.8 Å².